The second kappa shape index (κ2) is 5.90. The summed E-state index contributed by atoms with van der Waals surface area (Å²) in [7, 11) is 0. The summed E-state index contributed by atoms with van der Waals surface area (Å²) in [6.07, 6.45) is 2.05. The predicted molar refractivity (Wildman–Crippen MR) is 60.1 cm³/mol. The van der Waals surface area contributed by atoms with Crippen molar-refractivity contribution in [2.45, 2.75) is 26.2 Å². The van der Waals surface area contributed by atoms with Crippen molar-refractivity contribution in [2.24, 2.45) is 5.73 Å². The Kier molecular flexibility index (Phi) is 4.51. The molecule has 4 heteroatoms. The summed E-state index contributed by atoms with van der Waals surface area (Å²) in [5, 5.41) is 0. The maximum absolute atomic E-state index is 11.4. The standard InChI is InChI=1S/C12H15NO3/c1-2-3-8-11(14)16-10-7-5-4-6-9(10)12(13)15/h4-7H,2-3,8H2,1H3,(H2,13,15). The molecule has 0 aliphatic heterocycles. The minimum absolute atomic E-state index is 0.229. The van der Waals surface area contributed by atoms with Crippen LogP contribution in [0, 0.1) is 0 Å². The smallest absolute Gasteiger partial charge is 0.311 e. The van der Waals surface area contributed by atoms with Gasteiger partial charge in [0.1, 0.15) is 5.75 Å². The van der Waals surface area contributed by atoms with E-state index in [1.165, 1.54) is 6.07 Å². The number of hydrogen-bond acceptors (Lipinski definition) is 3. The van der Waals surface area contributed by atoms with Gasteiger partial charge in [0.25, 0.3) is 5.91 Å². The highest BCUT2D eigenvalue weighted by atomic mass is 16.5. The Labute approximate surface area is 94.4 Å². The zero-order valence-corrected chi connectivity index (χ0v) is 9.23. The Morgan fingerprint density at radius 1 is 1.31 bits per heavy atom. The average Bonchev–Trinajstić information content (AvgIpc) is 2.27. The lowest BCUT2D eigenvalue weighted by molar-refractivity contribution is -0.134. The van der Waals surface area contributed by atoms with Crippen LogP contribution in [0.4, 0.5) is 0 Å². The zero-order chi connectivity index (χ0) is 12.0. The van der Waals surface area contributed by atoms with E-state index in [-0.39, 0.29) is 17.3 Å². The predicted octanol–water partition coefficient (Wildman–Crippen LogP) is 1.88. The van der Waals surface area contributed by atoms with Crippen molar-refractivity contribution in [1.82, 2.24) is 0 Å². The van der Waals surface area contributed by atoms with Gasteiger partial charge < -0.3 is 10.5 Å². The topological polar surface area (TPSA) is 69.4 Å². The van der Waals surface area contributed by atoms with Crippen molar-refractivity contribution in [1.29, 1.82) is 0 Å². The van der Waals surface area contributed by atoms with Gasteiger partial charge in [-0.1, -0.05) is 25.5 Å². The van der Waals surface area contributed by atoms with Crippen molar-refractivity contribution in [3.8, 4) is 5.75 Å². The van der Waals surface area contributed by atoms with E-state index >= 15 is 0 Å². The minimum Gasteiger partial charge on any atom is -0.426 e. The molecule has 0 radical (unpaired) electrons. The monoisotopic (exact) mass is 221 g/mol. The number of para-hydroxylation sites is 1. The van der Waals surface area contributed by atoms with Crippen molar-refractivity contribution < 1.29 is 14.3 Å². The molecule has 4 nitrogen and oxygen atoms in total. The zero-order valence-electron chi connectivity index (χ0n) is 9.23. The van der Waals surface area contributed by atoms with E-state index in [1.54, 1.807) is 18.2 Å². The Morgan fingerprint density at radius 2 is 2.00 bits per heavy atom. The highest BCUT2D eigenvalue weighted by molar-refractivity contribution is 5.96. The van der Waals surface area contributed by atoms with Crippen molar-refractivity contribution in [3.63, 3.8) is 0 Å². The molecule has 0 bridgehead atoms. The molecule has 0 saturated carbocycles. The summed E-state index contributed by atoms with van der Waals surface area (Å²) in [4.78, 5) is 22.4. The molecule has 0 aromatic heterocycles. The van der Waals surface area contributed by atoms with Crippen LogP contribution in [-0.2, 0) is 4.79 Å². The molecule has 1 rings (SSSR count). The van der Waals surface area contributed by atoms with Gasteiger partial charge in [0.05, 0.1) is 5.56 Å². The summed E-state index contributed by atoms with van der Waals surface area (Å²) < 4.78 is 5.07. The van der Waals surface area contributed by atoms with E-state index in [0.717, 1.165) is 12.8 Å². The molecular weight excluding hydrogens is 206 g/mol. The second-order valence-corrected chi connectivity index (χ2v) is 3.44. The Bertz CT molecular complexity index is 388. The largest absolute Gasteiger partial charge is 0.426 e. The first kappa shape index (κ1) is 12.2. The number of ether oxygens (including phenoxy) is 1. The lowest BCUT2D eigenvalue weighted by Crippen LogP contribution is -2.15. The number of unbranched alkanes of at least 4 members (excludes halogenated alkanes) is 1. The quantitative estimate of drug-likeness (QED) is 0.609. The third-order valence-corrected chi connectivity index (χ3v) is 2.11. The molecule has 0 spiro atoms. The third kappa shape index (κ3) is 3.38. The molecule has 0 aliphatic rings. The molecule has 0 saturated heterocycles. The Balaban J connectivity index is 2.73. The van der Waals surface area contributed by atoms with Gasteiger partial charge in [0.2, 0.25) is 0 Å². The normalized spacial score (nSPS) is 9.81. The van der Waals surface area contributed by atoms with Crippen LogP contribution in [0.1, 0.15) is 36.5 Å². The summed E-state index contributed by atoms with van der Waals surface area (Å²) in [5.41, 5.74) is 5.39. The fourth-order valence-electron chi connectivity index (χ4n) is 1.25. The number of nitrogens with two attached hydrogens (primary N) is 1. The fraction of sp³-hybridized carbons (Fsp3) is 0.333. The third-order valence-electron chi connectivity index (χ3n) is 2.11. The van der Waals surface area contributed by atoms with Gasteiger partial charge in [0.15, 0.2) is 0 Å². The van der Waals surface area contributed by atoms with Gasteiger partial charge in [0, 0.05) is 6.42 Å². The van der Waals surface area contributed by atoms with Gasteiger partial charge in [-0.3, -0.25) is 9.59 Å². The van der Waals surface area contributed by atoms with E-state index in [0.29, 0.717) is 6.42 Å². The van der Waals surface area contributed by atoms with Gasteiger partial charge in [-0.25, -0.2) is 0 Å². The lowest BCUT2D eigenvalue weighted by Gasteiger charge is -2.06. The molecule has 2 N–H and O–H groups in total. The van der Waals surface area contributed by atoms with Crippen LogP contribution < -0.4 is 10.5 Å². The van der Waals surface area contributed by atoms with Crippen LogP contribution >= 0.6 is 0 Å². The molecule has 1 amide bonds. The molecule has 0 unspecified atom stereocenters. The van der Waals surface area contributed by atoms with Gasteiger partial charge in [-0.05, 0) is 18.6 Å². The molecule has 0 fully saturated rings. The number of esters is 1. The number of carbonyl (C=O) groups is 2. The van der Waals surface area contributed by atoms with E-state index in [9.17, 15) is 9.59 Å². The first-order valence-corrected chi connectivity index (χ1v) is 5.24. The van der Waals surface area contributed by atoms with Crippen molar-refractivity contribution >= 4 is 11.9 Å². The number of hydrogen-bond donors (Lipinski definition) is 1. The summed E-state index contributed by atoms with van der Waals surface area (Å²) in [6, 6.07) is 6.45. The van der Waals surface area contributed by atoms with Crippen molar-refractivity contribution in [2.75, 3.05) is 0 Å². The first-order chi connectivity index (χ1) is 7.65. The van der Waals surface area contributed by atoms with Gasteiger partial charge in [-0.15, -0.1) is 0 Å². The van der Waals surface area contributed by atoms with E-state index < -0.39 is 5.91 Å². The average molecular weight is 221 g/mol. The molecule has 86 valence electrons. The molecule has 1 aromatic rings. The second-order valence-electron chi connectivity index (χ2n) is 3.44. The van der Waals surface area contributed by atoms with Crippen molar-refractivity contribution in [3.05, 3.63) is 29.8 Å². The Morgan fingerprint density at radius 3 is 2.62 bits per heavy atom. The summed E-state index contributed by atoms with van der Waals surface area (Å²) in [6.45, 7) is 1.99. The Hall–Kier alpha value is -1.84. The summed E-state index contributed by atoms with van der Waals surface area (Å²) >= 11 is 0. The van der Waals surface area contributed by atoms with Crippen LogP contribution in [0.5, 0.6) is 5.75 Å². The summed E-state index contributed by atoms with van der Waals surface area (Å²) in [5.74, 6) is -0.703. The molecule has 0 atom stereocenters. The number of benzene rings is 1. The molecule has 0 heterocycles. The van der Waals surface area contributed by atoms with Gasteiger partial charge in [-0.2, -0.15) is 0 Å². The number of amides is 1. The lowest BCUT2D eigenvalue weighted by atomic mass is 10.2. The first-order valence-electron chi connectivity index (χ1n) is 5.24. The van der Waals surface area contributed by atoms with E-state index in [2.05, 4.69) is 0 Å². The number of primary amides is 1. The fourth-order valence-corrected chi connectivity index (χ4v) is 1.25. The maximum Gasteiger partial charge on any atom is 0.311 e. The maximum atomic E-state index is 11.4. The highest BCUT2D eigenvalue weighted by Crippen LogP contribution is 2.18. The minimum atomic E-state index is -0.598. The van der Waals surface area contributed by atoms with Crippen LogP contribution in [0.3, 0.4) is 0 Å². The highest BCUT2D eigenvalue weighted by Gasteiger charge is 2.11. The molecule has 16 heavy (non-hydrogen) atoms. The molecule has 1 aromatic carbocycles. The number of rotatable bonds is 5. The van der Waals surface area contributed by atoms with Crippen LogP contribution in [0.15, 0.2) is 24.3 Å². The van der Waals surface area contributed by atoms with Crippen LogP contribution in [0.25, 0.3) is 0 Å². The van der Waals surface area contributed by atoms with Gasteiger partial charge >= 0.3 is 5.97 Å². The SMILES string of the molecule is CCCCC(=O)Oc1ccccc1C(N)=O. The van der Waals surface area contributed by atoms with Crippen LogP contribution in [0.2, 0.25) is 0 Å². The van der Waals surface area contributed by atoms with Crippen LogP contribution in [-0.4, -0.2) is 11.9 Å². The number of carbonyl (C=O) groups excluding carboxylic acids is 2. The molecular formula is C12H15NO3. The molecule has 0 aliphatic carbocycles. The van der Waals surface area contributed by atoms with E-state index in [4.69, 9.17) is 10.5 Å². The van der Waals surface area contributed by atoms with E-state index in [1.807, 2.05) is 6.92 Å².